The van der Waals surface area contributed by atoms with Crippen LogP contribution in [0.1, 0.15) is 42.7 Å². The number of hydrogen-bond acceptors (Lipinski definition) is 6. The fourth-order valence-electron chi connectivity index (χ4n) is 3.91. The van der Waals surface area contributed by atoms with Crippen LogP contribution in [0.2, 0.25) is 5.15 Å². The van der Waals surface area contributed by atoms with Crippen molar-refractivity contribution in [3.63, 3.8) is 0 Å². The number of nitrogens with two attached hydrogens (primary N) is 1. The monoisotopic (exact) mass is 444 g/mol. The molecule has 0 aliphatic heterocycles. The van der Waals surface area contributed by atoms with Gasteiger partial charge in [-0.1, -0.05) is 11.6 Å². The molecule has 0 bridgehead atoms. The van der Waals surface area contributed by atoms with Crippen molar-refractivity contribution in [1.29, 1.82) is 0 Å². The lowest BCUT2D eigenvalue weighted by Gasteiger charge is -2.18. The summed E-state index contributed by atoms with van der Waals surface area (Å²) in [5, 5.41) is 1.01. The van der Waals surface area contributed by atoms with Gasteiger partial charge in [0.25, 0.3) is 0 Å². The quantitative estimate of drug-likeness (QED) is 0.533. The summed E-state index contributed by atoms with van der Waals surface area (Å²) >= 11 is 6.44. The van der Waals surface area contributed by atoms with E-state index in [1.54, 1.807) is 13.3 Å². The Balaban J connectivity index is 2.00. The van der Waals surface area contributed by atoms with Crippen molar-refractivity contribution in [3.05, 3.63) is 39.9 Å². The van der Waals surface area contributed by atoms with E-state index in [9.17, 15) is 4.79 Å². The Morgan fingerprint density at radius 2 is 1.97 bits per heavy atom. The summed E-state index contributed by atoms with van der Waals surface area (Å²) in [5.74, 6) is 1.03. The van der Waals surface area contributed by atoms with Gasteiger partial charge in [-0.25, -0.2) is 4.98 Å². The van der Waals surface area contributed by atoms with E-state index in [-0.39, 0.29) is 17.0 Å². The number of fused-ring (bicyclic) bond motifs is 1. The lowest BCUT2D eigenvalue weighted by Crippen LogP contribution is -2.30. The van der Waals surface area contributed by atoms with Gasteiger partial charge in [-0.15, -0.1) is 0 Å². The first-order valence-corrected chi connectivity index (χ1v) is 10.8. The minimum absolute atomic E-state index is 0.105. The number of nitrogens with zero attached hydrogens (tertiary/aromatic N) is 5. The Bertz CT molecular complexity index is 1110. The summed E-state index contributed by atoms with van der Waals surface area (Å²) in [7, 11) is 1.66. The maximum atomic E-state index is 12.5. The molecule has 0 aliphatic rings. The van der Waals surface area contributed by atoms with Crippen molar-refractivity contribution in [2.45, 2.75) is 47.1 Å². The van der Waals surface area contributed by atoms with Crippen molar-refractivity contribution in [1.82, 2.24) is 24.4 Å². The van der Waals surface area contributed by atoms with Crippen molar-refractivity contribution in [3.8, 4) is 5.75 Å². The van der Waals surface area contributed by atoms with Gasteiger partial charge in [0, 0.05) is 43.0 Å². The number of pyridine rings is 1. The number of methoxy groups -OCH3 is 1. The van der Waals surface area contributed by atoms with Gasteiger partial charge in [0.1, 0.15) is 16.5 Å². The molecular formula is C22H29ClN6O2. The molecule has 0 aliphatic carbocycles. The Kier molecular flexibility index (Phi) is 7.00. The molecule has 0 spiro atoms. The largest absolute Gasteiger partial charge is 0.496 e. The van der Waals surface area contributed by atoms with E-state index in [1.165, 1.54) is 0 Å². The molecule has 0 radical (unpaired) electrons. The minimum Gasteiger partial charge on any atom is -0.496 e. The van der Waals surface area contributed by atoms with Crippen LogP contribution in [0.5, 0.6) is 5.75 Å². The summed E-state index contributed by atoms with van der Waals surface area (Å²) < 4.78 is 7.49. The van der Waals surface area contributed by atoms with Crippen LogP contribution in [0, 0.1) is 13.8 Å². The molecule has 0 saturated carbocycles. The number of aromatic nitrogens is 4. The van der Waals surface area contributed by atoms with Gasteiger partial charge in [0.05, 0.1) is 24.7 Å². The van der Waals surface area contributed by atoms with Crippen molar-refractivity contribution in [2.24, 2.45) is 0 Å². The Hall–Kier alpha value is -2.87. The van der Waals surface area contributed by atoms with E-state index in [4.69, 9.17) is 22.1 Å². The van der Waals surface area contributed by atoms with Crippen molar-refractivity contribution in [2.75, 3.05) is 25.9 Å². The van der Waals surface area contributed by atoms with E-state index < -0.39 is 0 Å². The molecule has 0 saturated heterocycles. The van der Waals surface area contributed by atoms with E-state index in [2.05, 4.69) is 15.0 Å². The molecule has 166 valence electrons. The topological polar surface area (TPSA) is 99.2 Å². The summed E-state index contributed by atoms with van der Waals surface area (Å²) in [5.41, 5.74) is 10.2. The highest BCUT2D eigenvalue weighted by atomic mass is 35.5. The van der Waals surface area contributed by atoms with Crippen LogP contribution < -0.4 is 10.5 Å². The third-order valence-electron chi connectivity index (χ3n) is 5.56. The highest BCUT2D eigenvalue weighted by molar-refractivity contribution is 6.34. The molecule has 8 nitrogen and oxygen atoms in total. The molecule has 1 amide bonds. The normalized spacial score (nSPS) is 11.2. The molecule has 3 aromatic rings. The van der Waals surface area contributed by atoms with Gasteiger partial charge < -0.3 is 19.9 Å². The van der Waals surface area contributed by atoms with Crippen LogP contribution in [0.4, 0.5) is 5.95 Å². The highest BCUT2D eigenvalue weighted by Gasteiger charge is 2.19. The lowest BCUT2D eigenvalue weighted by molar-refractivity contribution is -0.130. The van der Waals surface area contributed by atoms with Crippen LogP contribution in [0.15, 0.2) is 12.4 Å². The summed E-state index contributed by atoms with van der Waals surface area (Å²) in [6.07, 6.45) is 4.69. The first-order valence-electron chi connectivity index (χ1n) is 10.4. The second-order valence-electron chi connectivity index (χ2n) is 7.47. The third-order valence-corrected chi connectivity index (χ3v) is 5.84. The smallest absolute Gasteiger partial charge is 0.223 e. The Labute approximate surface area is 187 Å². The van der Waals surface area contributed by atoms with Gasteiger partial charge in [0.2, 0.25) is 11.9 Å². The number of aryl methyl sites for hydroxylation is 2. The average Bonchev–Trinajstić information content (AvgIpc) is 3.07. The summed E-state index contributed by atoms with van der Waals surface area (Å²) in [6, 6.07) is 0. The van der Waals surface area contributed by atoms with Crippen molar-refractivity contribution >= 4 is 34.5 Å². The SMILES string of the molecule is CCN(CC)C(=O)CCc1cn(Cc2ncc(C)c(OC)c2C)c2nc(N)nc(Cl)c12. The number of carbonyl (C=O) groups excluding carboxylic acids is 1. The molecule has 0 fully saturated rings. The molecular weight excluding hydrogens is 416 g/mol. The maximum Gasteiger partial charge on any atom is 0.223 e. The number of halogens is 1. The molecule has 0 atom stereocenters. The van der Waals surface area contributed by atoms with Gasteiger partial charge in [0.15, 0.2) is 0 Å². The number of rotatable bonds is 8. The van der Waals surface area contributed by atoms with E-state index >= 15 is 0 Å². The first kappa shape index (κ1) is 22.8. The molecule has 9 heteroatoms. The highest BCUT2D eigenvalue weighted by Crippen LogP contribution is 2.30. The molecule has 2 N–H and O–H groups in total. The predicted molar refractivity (Wildman–Crippen MR) is 123 cm³/mol. The van der Waals surface area contributed by atoms with E-state index in [0.717, 1.165) is 33.5 Å². The second-order valence-corrected chi connectivity index (χ2v) is 7.82. The van der Waals surface area contributed by atoms with Gasteiger partial charge >= 0.3 is 0 Å². The Morgan fingerprint density at radius 3 is 2.61 bits per heavy atom. The molecule has 0 unspecified atom stereocenters. The third kappa shape index (κ3) is 4.58. The number of ether oxygens (including phenoxy) is 1. The number of anilines is 1. The average molecular weight is 445 g/mol. The first-order chi connectivity index (χ1) is 14.8. The summed E-state index contributed by atoms with van der Waals surface area (Å²) in [4.78, 5) is 27.5. The van der Waals surface area contributed by atoms with Gasteiger partial charge in [-0.05, 0) is 39.7 Å². The maximum absolute atomic E-state index is 12.5. The zero-order valence-corrected chi connectivity index (χ0v) is 19.5. The summed E-state index contributed by atoms with van der Waals surface area (Å²) in [6.45, 7) is 9.76. The molecule has 0 aromatic carbocycles. The van der Waals surface area contributed by atoms with Crippen LogP contribution in [-0.2, 0) is 17.8 Å². The molecule has 31 heavy (non-hydrogen) atoms. The van der Waals surface area contributed by atoms with Crippen LogP contribution in [-0.4, -0.2) is 50.5 Å². The number of hydrogen-bond donors (Lipinski definition) is 1. The second kappa shape index (κ2) is 9.51. The molecule has 3 heterocycles. The fourth-order valence-corrected chi connectivity index (χ4v) is 4.21. The van der Waals surface area contributed by atoms with Crippen LogP contribution >= 0.6 is 11.6 Å². The number of nitrogen functional groups attached to an aromatic ring is 1. The molecule has 3 aromatic heterocycles. The number of amides is 1. The number of carbonyl (C=O) groups is 1. The molecule has 3 rings (SSSR count). The van der Waals surface area contributed by atoms with Crippen molar-refractivity contribution < 1.29 is 9.53 Å². The van der Waals surface area contributed by atoms with E-state index in [1.807, 2.05) is 43.4 Å². The van der Waals surface area contributed by atoms with Gasteiger partial charge in [-0.3, -0.25) is 9.78 Å². The zero-order valence-electron chi connectivity index (χ0n) is 18.7. The zero-order chi connectivity index (χ0) is 22.7. The standard InChI is InChI=1S/C22H29ClN6O2/c1-6-28(7-2)17(30)9-8-15-11-29(21-18(15)20(23)26-22(24)27-21)12-16-14(4)19(31-5)13(3)10-25-16/h10-11H,6-9,12H2,1-5H3,(H2,24,26,27). The van der Waals surface area contributed by atoms with Crippen LogP contribution in [0.3, 0.4) is 0 Å². The lowest BCUT2D eigenvalue weighted by atomic mass is 10.1. The predicted octanol–water partition coefficient (Wildman–Crippen LogP) is 3.54. The van der Waals surface area contributed by atoms with E-state index in [0.29, 0.717) is 38.1 Å². The fraction of sp³-hybridized carbons (Fsp3) is 0.455. The Morgan fingerprint density at radius 1 is 1.26 bits per heavy atom. The van der Waals surface area contributed by atoms with Crippen LogP contribution in [0.25, 0.3) is 11.0 Å². The van der Waals surface area contributed by atoms with Gasteiger partial charge in [-0.2, -0.15) is 4.98 Å². The minimum atomic E-state index is 0.105.